The molecule has 0 bridgehead atoms. The molecule has 2 saturated carbocycles. The highest BCUT2D eigenvalue weighted by atomic mass is 16.1. The van der Waals surface area contributed by atoms with Crippen LogP contribution in [0.2, 0.25) is 0 Å². The van der Waals surface area contributed by atoms with Crippen LogP contribution in [0, 0.1) is 23.7 Å². The van der Waals surface area contributed by atoms with Crippen LogP contribution in [0.5, 0.6) is 0 Å². The van der Waals surface area contributed by atoms with E-state index in [2.05, 4.69) is 27.7 Å². The quantitative estimate of drug-likeness (QED) is 0.741. The third-order valence-corrected chi connectivity index (χ3v) is 5.20. The van der Waals surface area contributed by atoms with Gasteiger partial charge in [0.15, 0.2) is 0 Å². The Labute approximate surface area is 124 Å². The Morgan fingerprint density at radius 2 is 1.25 bits per heavy atom. The minimum atomic E-state index is 0.478. The van der Waals surface area contributed by atoms with Gasteiger partial charge in [0.1, 0.15) is 11.6 Å². The third-order valence-electron chi connectivity index (χ3n) is 5.20. The lowest BCUT2D eigenvalue weighted by Crippen LogP contribution is -2.04. The fraction of sp³-hybridized carbons (Fsp3) is 0.889. The second-order valence-electron chi connectivity index (χ2n) is 6.76. The van der Waals surface area contributed by atoms with Crippen molar-refractivity contribution in [3.05, 3.63) is 0 Å². The zero-order valence-electron chi connectivity index (χ0n) is 13.8. The molecule has 0 aromatic heterocycles. The van der Waals surface area contributed by atoms with Gasteiger partial charge in [-0.25, -0.2) is 0 Å². The number of hydrogen-bond donors (Lipinski definition) is 0. The minimum absolute atomic E-state index is 0.478. The van der Waals surface area contributed by atoms with E-state index < -0.39 is 0 Å². The summed E-state index contributed by atoms with van der Waals surface area (Å²) in [6.45, 7) is 8.76. The maximum Gasteiger partial charge on any atom is 0.133 e. The molecular weight excluding hydrogens is 248 g/mol. The van der Waals surface area contributed by atoms with Crippen molar-refractivity contribution >= 4 is 11.6 Å². The SMILES string of the molecule is CCC[C@@H]1CC(=O)C[C@H]1C.CC[C@H]1CC(=O)C[C@@H]1CC. The van der Waals surface area contributed by atoms with Crippen LogP contribution in [-0.4, -0.2) is 11.6 Å². The van der Waals surface area contributed by atoms with Gasteiger partial charge in [-0.2, -0.15) is 0 Å². The summed E-state index contributed by atoms with van der Waals surface area (Å²) in [5.41, 5.74) is 0. The second-order valence-corrected chi connectivity index (χ2v) is 6.76. The molecule has 4 atom stereocenters. The molecule has 2 nitrogen and oxygen atoms in total. The first-order chi connectivity index (χ1) is 9.51. The number of Topliss-reactive ketones (excluding diaryl/α,β-unsaturated/α-hetero) is 2. The lowest BCUT2D eigenvalue weighted by Gasteiger charge is -2.13. The van der Waals surface area contributed by atoms with Crippen LogP contribution in [0.4, 0.5) is 0 Å². The Morgan fingerprint density at radius 1 is 0.800 bits per heavy atom. The highest BCUT2D eigenvalue weighted by Crippen LogP contribution is 2.33. The van der Waals surface area contributed by atoms with Crippen molar-refractivity contribution < 1.29 is 9.59 Å². The van der Waals surface area contributed by atoms with E-state index in [9.17, 15) is 9.59 Å². The first kappa shape index (κ1) is 17.4. The van der Waals surface area contributed by atoms with Gasteiger partial charge in [0.25, 0.3) is 0 Å². The van der Waals surface area contributed by atoms with Crippen LogP contribution in [0.1, 0.15) is 79.1 Å². The highest BCUT2D eigenvalue weighted by Gasteiger charge is 2.29. The third kappa shape index (κ3) is 5.03. The summed E-state index contributed by atoms with van der Waals surface area (Å²) in [4.78, 5) is 21.9. The molecule has 0 radical (unpaired) electrons. The molecule has 116 valence electrons. The molecule has 0 unspecified atom stereocenters. The number of rotatable bonds is 4. The zero-order chi connectivity index (χ0) is 15.1. The Morgan fingerprint density at radius 3 is 1.60 bits per heavy atom. The van der Waals surface area contributed by atoms with E-state index in [1.165, 1.54) is 25.7 Å². The van der Waals surface area contributed by atoms with Gasteiger partial charge >= 0.3 is 0 Å². The molecule has 2 aliphatic rings. The van der Waals surface area contributed by atoms with Gasteiger partial charge < -0.3 is 0 Å². The fourth-order valence-electron chi connectivity index (χ4n) is 3.82. The molecule has 0 saturated heterocycles. The largest absolute Gasteiger partial charge is 0.300 e. The average Bonchev–Trinajstić information content (AvgIpc) is 2.93. The van der Waals surface area contributed by atoms with Gasteiger partial charge in [-0.3, -0.25) is 9.59 Å². The van der Waals surface area contributed by atoms with Gasteiger partial charge in [-0.15, -0.1) is 0 Å². The van der Waals surface area contributed by atoms with E-state index in [1.807, 2.05) is 0 Å². The molecule has 0 heterocycles. The maximum atomic E-state index is 11.0. The summed E-state index contributed by atoms with van der Waals surface area (Å²) in [5, 5.41) is 0. The lowest BCUT2D eigenvalue weighted by molar-refractivity contribution is -0.118. The molecule has 0 aromatic carbocycles. The molecule has 2 fully saturated rings. The molecule has 20 heavy (non-hydrogen) atoms. The summed E-state index contributed by atoms with van der Waals surface area (Å²) in [7, 11) is 0. The number of carbonyl (C=O) groups excluding carboxylic acids is 2. The van der Waals surface area contributed by atoms with Crippen LogP contribution in [0.25, 0.3) is 0 Å². The van der Waals surface area contributed by atoms with E-state index in [1.54, 1.807) is 0 Å². The maximum absolute atomic E-state index is 11.0. The molecule has 2 rings (SSSR count). The highest BCUT2D eigenvalue weighted by molar-refractivity contribution is 5.81. The number of ketones is 2. The van der Waals surface area contributed by atoms with Gasteiger partial charge in [-0.1, -0.05) is 53.4 Å². The summed E-state index contributed by atoms with van der Waals surface area (Å²) >= 11 is 0. The van der Waals surface area contributed by atoms with Crippen molar-refractivity contribution in [3.8, 4) is 0 Å². The Bertz CT molecular complexity index is 307. The average molecular weight is 280 g/mol. The summed E-state index contributed by atoms with van der Waals surface area (Å²) in [5.74, 6) is 3.74. The van der Waals surface area contributed by atoms with Crippen molar-refractivity contribution in [1.82, 2.24) is 0 Å². The Balaban J connectivity index is 0.000000200. The minimum Gasteiger partial charge on any atom is -0.300 e. The standard InChI is InChI=1S/2C9H16O/c1-3-4-8-6-9(10)5-7(8)2;1-3-7-5-9(10)6-8(7)4-2/h2*7-8H,3-6H2,1-2H3/t2*7-,8-/m10/s1. The molecule has 0 aliphatic heterocycles. The monoisotopic (exact) mass is 280 g/mol. The molecular formula is C18H32O2. The second kappa shape index (κ2) is 8.59. The zero-order valence-corrected chi connectivity index (χ0v) is 13.8. The van der Waals surface area contributed by atoms with E-state index in [-0.39, 0.29) is 0 Å². The number of hydrogen-bond acceptors (Lipinski definition) is 2. The van der Waals surface area contributed by atoms with E-state index >= 15 is 0 Å². The van der Waals surface area contributed by atoms with Crippen molar-refractivity contribution in [2.45, 2.75) is 79.1 Å². The topological polar surface area (TPSA) is 34.1 Å². The van der Waals surface area contributed by atoms with Crippen molar-refractivity contribution in [3.63, 3.8) is 0 Å². The fourth-order valence-corrected chi connectivity index (χ4v) is 3.82. The van der Waals surface area contributed by atoms with Crippen molar-refractivity contribution in [1.29, 1.82) is 0 Å². The van der Waals surface area contributed by atoms with Crippen LogP contribution in [0.3, 0.4) is 0 Å². The van der Waals surface area contributed by atoms with Crippen molar-refractivity contribution in [2.75, 3.05) is 0 Å². The smallest absolute Gasteiger partial charge is 0.133 e. The predicted molar refractivity (Wildman–Crippen MR) is 83.6 cm³/mol. The molecule has 0 spiro atoms. The van der Waals surface area contributed by atoms with Gasteiger partial charge in [0.2, 0.25) is 0 Å². The molecule has 0 amide bonds. The molecule has 0 aromatic rings. The van der Waals surface area contributed by atoms with Crippen LogP contribution < -0.4 is 0 Å². The van der Waals surface area contributed by atoms with E-state index in [0.29, 0.717) is 35.2 Å². The summed E-state index contributed by atoms with van der Waals surface area (Å²) < 4.78 is 0. The summed E-state index contributed by atoms with van der Waals surface area (Å²) in [6, 6.07) is 0. The van der Waals surface area contributed by atoms with Crippen LogP contribution >= 0.6 is 0 Å². The number of carbonyl (C=O) groups is 2. The van der Waals surface area contributed by atoms with Crippen molar-refractivity contribution in [2.24, 2.45) is 23.7 Å². The first-order valence-corrected chi connectivity index (χ1v) is 8.55. The summed E-state index contributed by atoms with van der Waals surface area (Å²) in [6.07, 6.45) is 8.24. The van der Waals surface area contributed by atoms with Gasteiger partial charge in [-0.05, 0) is 23.7 Å². The van der Waals surface area contributed by atoms with E-state index in [0.717, 1.165) is 25.7 Å². The molecule has 0 N–H and O–H groups in total. The molecule has 2 aliphatic carbocycles. The molecule has 2 heteroatoms. The Kier molecular flexibility index (Phi) is 7.47. The van der Waals surface area contributed by atoms with Crippen LogP contribution in [-0.2, 0) is 9.59 Å². The lowest BCUT2D eigenvalue weighted by atomic mass is 9.92. The van der Waals surface area contributed by atoms with E-state index in [4.69, 9.17) is 0 Å². The normalized spacial score (nSPS) is 33.2. The van der Waals surface area contributed by atoms with Crippen LogP contribution in [0.15, 0.2) is 0 Å². The first-order valence-electron chi connectivity index (χ1n) is 8.55. The Hall–Kier alpha value is -0.660. The van der Waals surface area contributed by atoms with Gasteiger partial charge in [0.05, 0.1) is 0 Å². The predicted octanol–water partition coefficient (Wildman–Crippen LogP) is 4.80. The van der Waals surface area contributed by atoms with Gasteiger partial charge in [0, 0.05) is 25.7 Å².